The molecule has 2 rings (SSSR count). The zero-order chi connectivity index (χ0) is 9.26. The highest BCUT2D eigenvalue weighted by Crippen LogP contribution is 2.25. The summed E-state index contributed by atoms with van der Waals surface area (Å²) in [5.74, 6) is 0. The first-order chi connectivity index (χ1) is 6.33. The molecule has 13 heavy (non-hydrogen) atoms. The molecule has 4 heteroatoms. The maximum atomic E-state index is 9.47. The Balaban J connectivity index is 2.30. The van der Waals surface area contributed by atoms with Gasteiger partial charge in [0, 0.05) is 6.61 Å². The summed E-state index contributed by atoms with van der Waals surface area (Å²) in [5.41, 5.74) is 1.81. The predicted molar refractivity (Wildman–Crippen MR) is 49.6 cm³/mol. The lowest BCUT2D eigenvalue weighted by Crippen LogP contribution is -2.27. The molecule has 0 bridgehead atoms. The van der Waals surface area contributed by atoms with E-state index < -0.39 is 7.12 Å². The van der Waals surface area contributed by atoms with Crippen molar-refractivity contribution in [2.24, 2.45) is 0 Å². The lowest BCUT2D eigenvalue weighted by molar-refractivity contribution is 0.148. The van der Waals surface area contributed by atoms with Crippen molar-refractivity contribution in [2.75, 3.05) is 6.61 Å². The van der Waals surface area contributed by atoms with Crippen LogP contribution in [-0.4, -0.2) is 23.9 Å². The minimum Gasteiger partial charge on any atom is -0.423 e. The number of aliphatic hydroxyl groups is 1. The summed E-state index contributed by atoms with van der Waals surface area (Å²) in [6, 6.07) is 7.54. The van der Waals surface area contributed by atoms with E-state index in [1.54, 1.807) is 0 Å². The summed E-state index contributed by atoms with van der Waals surface area (Å²) in [6.45, 7) is 0.0751. The number of rotatable bonds is 2. The largest absolute Gasteiger partial charge is 0.491 e. The van der Waals surface area contributed by atoms with Gasteiger partial charge < -0.3 is 14.8 Å². The molecule has 2 N–H and O–H groups in total. The topological polar surface area (TPSA) is 49.7 Å². The first kappa shape index (κ1) is 8.75. The van der Waals surface area contributed by atoms with Crippen LogP contribution in [0.2, 0.25) is 0 Å². The summed E-state index contributed by atoms with van der Waals surface area (Å²) in [5, 5.41) is 18.3. The molecule has 0 radical (unpaired) electrons. The molecule has 0 aromatic heterocycles. The van der Waals surface area contributed by atoms with E-state index in [9.17, 15) is 5.02 Å². The monoisotopic (exact) mass is 178 g/mol. The molecular weight excluding hydrogens is 167 g/mol. The Morgan fingerprint density at radius 2 is 2.15 bits per heavy atom. The van der Waals surface area contributed by atoms with Gasteiger partial charge in [0.05, 0.1) is 6.10 Å². The number of fused-ring (bicyclic) bond motifs is 1. The summed E-state index contributed by atoms with van der Waals surface area (Å²) < 4.78 is 5.27. The second kappa shape index (κ2) is 3.50. The molecule has 68 valence electrons. The van der Waals surface area contributed by atoms with E-state index in [2.05, 4.69) is 0 Å². The second-order valence-electron chi connectivity index (χ2n) is 3.12. The van der Waals surface area contributed by atoms with Crippen LogP contribution in [-0.2, 0) is 4.65 Å². The second-order valence-corrected chi connectivity index (χ2v) is 3.12. The highest BCUT2D eigenvalue weighted by molar-refractivity contribution is 6.61. The van der Waals surface area contributed by atoms with Gasteiger partial charge in [0.15, 0.2) is 0 Å². The lowest BCUT2D eigenvalue weighted by atomic mass is 9.79. The van der Waals surface area contributed by atoms with Gasteiger partial charge in [-0.3, -0.25) is 0 Å². The van der Waals surface area contributed by atoms with E-state index >= 15 is 0 Å². The van der Waals surface area contributed by atoms with Crippen molar-refractivity contribution in [3.05, 3.63) is 29.8 Å². The fourth-order valence-electron chi connectivity index (χ4n) is 1.67. The third kappa shape index (κ3) is 1.48. The maximum Gasteiger partial charge on any atom is 0.491 e. The fourth-order valence-corrected chi connectivity index (χ4v) is 1.67. The summed E-state index contributed by atoms with van der Waals surface area (Å²) in [6.07, 6.45) is 0.379. The third-order valence-electron chi connectivity index (χ3n) is 2.29. The Hall–Kier alpha value is -0.835. The quantitative estimate of drug-likeness (QED) is 0.618. The number of hydrogen-bond acceptors (Lipinski definition) is 3. The Morgan fingerprint density at radius 3 is 2.92 bits per heavy atom. The van der Waals surface area contributed by atoms with Gasteiger partial charge >= 0.3 is 7.12 Å². The first-order valence-electron chi connectivity index (χ1n) is 4.36. The summed E-state index contributed by atoms with van der Waals surface area (Å²) >= 11 is 0. The van der Waals surface area contributed by atoms with Crippen LogP contribution in [0.5, 0.6) is 0 Å². The van der Waals surface area contributed by atoms with E-state index in [-0.39, 0.29) is 12.7 Å². The zero-order valence-corrected chi connectivity index (χ0v) is 7.18. The molecule has 0 saturated heterocycles. The average molecular weight is 178 g/mol. The molecule has 0 fully saturated rings. The SMILES string of the molecule is OCC[C@H]1OB(O)c2ccccc21. The van der Waals surface area contributed by atoms with Crippen molar-refractivity contribution in [3.63, 3.8) is 0 Å². The molecule has 0 spiro atoms. The molecule has 1 aliphatic heterocycles. The maximum absolute atomic E-state index is 9.47. The average Bonchev–Trinajstić information content (AvgIpc) is 2.46. The molecule has 3 nitrogen and oxygen atoms in total. The molecule has 1 heterocycles. The van der Waals surface area contributed by atoms with Crippen LogP contribution in [0.4, 0.5) is 0 Å². The highest BCUT2D eigenvalue weighted by Gasteiger charge is 2.33. The standard InChI is InChI=1S/C9H11BO3/c11-6-5-9-7-3-1-2-4-8(7)10(12)13-9/h1-4,9,11-12H,5-6H2/t9-/m1/s1. The van der Waals surface area contributed by atoms with Crippen molar-refractivity contribution in [1.82, 2.24) is 0 Å². The highest BCUT2D eigenvalue weighted by atomic mass is 16.5. The van der Waals surface area contributed by atoms with Gasteiger partial charge in [-0.25, -0.2) is 0 Å². The van der Waals surface area contributed by atoms with Crippen LogP contribution in [0.25, 0.3) is 0 Å². The predicted octanol–water partition coefficient (Wildman–Crippen LogP) is -0.172. The van der Waals surface area contributed by atoms with Gasteiger partial charge in [0.25, 0.3) is 0 Å². The molecular formula is C9H11BO3. The molecule has 1 aromatic rings. The first-order valence-corrected chi connectivity index (χ1v) is 4.36. The Bertz CT molecular complexity index is 303. The van der Waals surface area contributed by atoms with Crippen LogP contribution in [0, 0.1) is 0 Å². The number of benzene rings is 1. The van der Waals surface area contributed by atoms with E-state index in [1.807, 2.05) is 24.3 Å². The molecule has 1 aromatic carbocycles. The summed E-state index contributed by atoms with van der Waals surface area (Å²) in [4.78, 5) is 0. The van der Waals surface area contributed by atoms with Crippen molar-refractivity contribution < 1.29 is 14.8 Å². The van der Waals surface area contributed by atoms with Crippen LogP contribution in [0.1, 0.15) is 18.1 Å². The minimum absolute atomic E-state index is 0.0751. The van der Waals surface area contributed by atoms with Crippen molar-refractivity contribution >= 4 is 12.6 Å². The van der Waals surface area contributed by atoms with Gasteiger partial charge in [-0.2, -0.15) is 0 Å². The van der Waals surface area contributed by atoms with Crippen molar-refractivity contribution in [3.8, 4) is 0 Å². The van der Waals surface area contributed by atoms with E-state index in [4.69, 9.17) is 9.76 Å². The van der Waals surface area contributed by atoms with Gasteiger partial charge in [-0.15, -0.1) is 0 Å². The zero-order valence-electron chi connectivity index (χ0n) is 7.18. The fraction of sp³-hybridized carbons (Fsp3) is 0.333. The van der Waals surface area contributed by atoms with Gasteiger partial charge in [-0.05, 0) is 17.4 Å². The number of aliphatic hydroxyl groups excluding tert-OH is 1. The molecule has 0 unspecified atom stereocenters. The number of hydrogen-bond donors (Lipinski definition) is 2. The van der Waals surface area contributed by atoms with Crippen molar-refractivity contribution in [2.45, 2.75) is 12.5 Å². The lowest BCUT2D eigenvalue weighted by Gasteiger charge is -2.09. The molecule has 0 aliphatic carbocycles. The van der Waals surface area contributed by atoms with Crippen LogP contribution < -0.4 is 5.46 Å². The van der Waals surface area contributed by atoms with Crippen molar-refractivity contribution in [1.29, 1.82) is 0 Å². The minimum atomic E-state index is -0.826. The molecule has 1 atom stereocenters. The summed E-state index contributed by atoms with van der Waals surface area (Å²) in [7, 11) is -0.826. The Morgan fingerprint density at radius 1 is 1.38 bits per heavy atom. The van der Waals surface area contributed by atoms with Crippen LogP contribution in [0.15, 0.2) is 24.3 Å². The molecule has 0 amide bonds. The molecule has 0 saturated carbocycles. The van der Waals surface area contributed by atoms with E-state index in [1.165, 1.54) is 0 Å². The van der Waals surface area contributed by atoms with Gasteiger partial charge in [0.1, 0.15) is 0 Å². The van der Waals surface area contributed by atoms with E-state index in [0.717, 1.165) is 11.0 Å². The van der Waals surface area contributed by atoms with Gasteiger partial charge in [-0.1, -0.05) is 24.3 Å². The van der Waals surface area contributed by atoms with Gasteiger partial charge in [0.2, 0.25) is 0 Å². The van der Waals surface area contributed by atoms with E-state index in [0.29, 0.717) is 6.42 Å². The normalized spacial score (nSPS) is 20.5. The van der Waals surface area contributed by atoms with Crippen LogP contribution >= 0.6 is 0 Å². The Kier molecular flexibility index (Phi) is 2.35. The molecule has 1 aliphatic rings. The van der Waals surface area contributed by atoms with Crippen LogP contribution in [0.3, 0.4) is 0 Å². The Labute approximate surface area is 77.1 Å². The third-order valence-corrected chi connectivity index (χ3v) is 2.29. The smallest absolute Gasteiger partial charge is 0.423 e.